The monoisotopic (exact) mass is 386 g/mol. The van der Waals surface area contributed by atoms with E-state index in [1.165, 1.54) is 18.1 Å². The molecule has 1 unspecified atom stereocenters. The number of carbonyl (C=O) groups excluding carboxylic acids is 2. The lowest BCUT2D eigenvalue weighted by molar-refractivity contribution is -0.157. The highest BCUT2D eigenvalue weighted by Crippen LogP contribution is 2.43. The lowest BCUT2D eigenvalue weighted by Crippen LogP contribution is -2.53. The molecule has 0 aromatic heterocycles. The van der Waals surface area contributed by atoms with Crippen LogP contribution in [-0.4, -0.2) is 55.7 Å². The molecule has 1 aromatic carbocycles. The Balaban J connectivity index is 1.47. The van der Waals surface area contributed by atoms with E-state index in [0.717, 1.165) is 45.2 Å². The van der Waals surface area contributed by atoms with Crippen molar-refractivity contribution in [3.63, 3.8) is 0 Å². The van der Waals surface area contributed by atoms with Crippen LogP contribution in [0.5, 0.6) is 0 Å². The summed E-state index contributed by atoms with van der Waals surface area (Å²) in [5, 5.41) is 2.90. The van der Waals surface area contributed by atoms with Crippen LogP contribution in [0.25, 0.3) is 0 Å². The van der Waals surface area contributed by atoms with Gasteiger partial charge in [0.1, 0.15) is 0 Å². The average molecular weight is 386 g/mol. The molecule has 3 heterocycles. The normalized spacial score (nSPS) is 24.6. The van der Waals surface area contributed by atoms with Crippen molar-refractivity contribution >= 4 is 11.8 Å². The van der Waals surface area contributed by atoms with Crippen LogP contribution >= 0.6 is 0 Å². The highest BCUT2D eigenvalue weighted by Gasteiger charge is 2.44. The van der Waals surface area contributed by atoms with Gasteiger partial charge in [-0.25, -0.2) is 0 Å². The number of ether oxygens (including phenoxy) is 2. The average Bonchev–Trinajstić information content (AvgIpc) is 2.73. The van der Waals surface area contributed by atoms with E-state index in [2.05, 4.69) is 29.6 Å². The number of fused-ring (bicyclic) bond motifs is 2. The molecule has 0 aliphatic carbocycles. The maximum atomic E-state index is 12.9. The molecule has 1 aromatic rings. The topological polar surface area (TPSA) is 67.9 Å². The first kappa shape index (κ1) is 19.4. The van der Waals surface area contributed by atoms with Crippen molar-refractivity contribution in [1.29, 1.82) is 0 Å². The molecule has 2 saturated heterocycles. The van der Waals surface area contributed by atoms with Gasteiger partial charge < -0.3 is 19.7 Å². The Morgan fingerprint density at radius 3 is 2.61 bits per heavy atom. The van der Waals surface area contributed by atoms with Crippen LogP contribution < -0.4 is 5.32 Å². The summed E-state index contributed by atoms with van der Waals surface area (Å²) in [7, 11) is 0. The number of likely N-dealkylation sites (tertiary alicyclic amines) is 1. The van der Waals surface area contributed by atoms with Gasteiger partial charge in [0.2, 0.25) is 11.8 Å². The fourth-order valence-electron chi connectivity index (χ4n) is 4.86. The van der Waals surface area contributed by atoms with Gasteiger partial charge in [-0.2, -0.15) is 0 Å². The summed E-state index contributed by atoms with van der Waals surface area (Å²) in [6.45, 7) is 4.88. The van der Waals surface area contributed by atoms with Crippen LogP contribution in [0.15, 0.2) is 24.3 Å². The highest BCUT2D eigenvalue weighted by molar-refractivity contribution is 5.79. The van der Waals surface area contributed by atoms with Crippen LogP contribution in [0.4, 0.5) is 0 Å². The molecule has 1 N–H and O–H groups in total. The zero-order chi connectivity index (χ0) is 19.6. The third-order valence-corrected chi connectivity index (χ3v) is 6.38. The smallest absolute Gasteiger partial charge is 0.225 e. The molecule has 28 heavy (non-hydrogen) atoms. The van der Waals surface area contributed by atoms with Gasteiger partial charge in [-0.1, -0.05) is 24.3 Å². The van der Waals surface area contributed by atoms with Crippen LogP contribution in [0.2, 0.25) is 0 Å². The molecule has 0 bridgehead atoms. The van der Waals surface area contributed by atoms with Gasteiger partial charge in [0.15, 0.2) is 0 Å². The Labute approximate surface area is 166 Å². The molecular weight excluding hydrogens is 356 g/mol. The first-order valence-electron chi connectivity index (χ1n) is 10.4. The van der Waals surface area contributed by atoms with Crippen LogP contribution in [0.1, 0.15) is 43.7 Å². The van der Waals surface area contributed by atoms with E-state index in [1.54, 1.807) is 0 Å². The second kappa shape index (κ2) is 8.21. The molecule has 2 amide bonds. The summed E-state index contributed by atoms with van der Waals surface area (Å²) in [4.78, 5) is 26.3. The second-order valence-corrected chi connectivity index (χ2v) is 8.24. The number of nitrogens with zero attached hydrogens (tertiary/aromatic N) is 1. The molecule has 3 aliphatic heterocycles. The number of benzene rings is 1. The number of amides is 2. The van der Waals surface area contributed by atoms with Gasteiger partial charge in [-0.05, 0) is 36.8 Å². The Kier molecular flexibility index (Phi) is 5.69. The van der Waals surface area contributed by atoms with Crippen molar-refractivity contribution in [2.45, 2.75) is 50.7 Å². The van der Waals surface area contributed by atoms with E-state index < -0.39 is 0 Å². The first-order chi connectivity index (χ1) is 13.6. The molecule has 2 fully saturated rings. The number of carbonyl (C=O) groups is 2. The van der Waals surface area contributed by atoms with Crippen LogP contribution in [-0.2, 0) is 31.1 Å². The van der Waals surface area contributed by atoms with Crippen molar-refractivity contribution in [2.24, 2.45) is 5.92 Å². The summed E-state index contributed by atoms with van der Waals surface area (Å²) in [5.41, 5.74) is 2.20. The van der Waals surface area contributed by atoms with Crippen molar-refractivity contribution in [1.82, 2.24) is 10.2 Å². The van der Waals surface area contributed by atoms with Crippen molar-refractivity contribution in [2.75, 3.05) is 32.8 Å². The summed E-state index contributed by atoms with van der Waals surface area (Å²) >= 11 is 0. The number of piperidine rings is 1. The molecule has 1 atom stereocenters. The Morgan fingerprint density at radius 2 is 1.89 bits per heavy atom. The summed E-state index contributed by atoms with van der Waals surface area (Å²) in [6, 6.07) is 8.47. The maximum absolute atomic E-state index is 12.9. The molecule has 4 rings (SSSR count). The summed E-state index contributed by atoms with van der Waals surface area (Å²) in [5.74, 6) is 0.348. The molecule has 0 radical (unpaired) electrons. The van der Waals surface area contributed by atoms with Crippen LogP contribution in [0.3, 0.4) is 0 Å². The van der Waals surface area contributed by atoms with E-state index in [0.29, 0.717) is 19.8 Å². The molecule has 152 valence electrons. The van der Waals surface area contributed by atoms with E-state index in [-0.39, 0.29) is 29.4 Å². The predicted molar refractivity (Wildman–Crippen MR) is 105 cm³/mol. The highest BCUT2D eigenvalue weighted by atomic mass is 16.5. The molecule has 6 heteroatoms. The predicted octanol–water partition coefficient (Wildman–Crippen LogP) is 2.01. The Morgan fingerprint density at radius 1 is 1.18 bits per heavy atom. The molecule has 6 nitrogen and oxygen atoms in total. The van der Waals surface area contributed by atoms with Gasteiger partial charge in [0.25, 0.3) is 0 Å². The molecule has 3 aliphatic rings. The standard InChI is InChI=1S/C22H30N2O4/c1-16(25)23-15-19-14-18-4-2-3-5-20(18)22(28-19)8-10-24(11-9-22)21(26)17-6-12-27-13-7-17/h2-5,17,19H,6-15H2,1H3,(H,23,25). The zero-order valence-corrected chi connectivity index (χ0v) is 16.6. The van der Waals surface area contributed by atoms with Gasteiger partial charge in [-0.15, -0.1) is 0 Å². The lowest BCUT2D eigenvalue weighted by Gasteiger charge is -2.48. The summed E-state index contributed by atoms with van der Waals surface area (Å²) < 4.78 is 12.0. The minimum atomic E-state index is -0.357. The molecule has 0 saturated carbocycles. The fraction of sp³-hybridized carbons (Fsp3) is 0.636. The third-order valence-electron chi connectivity index (χ3n) is 6.38. The van der Waals surface area contributed by atoms with Gasteiger partial charge >= 0.3 is 0 Å². The minimum absolute atomic E-state index is 0.0310. The van der Waals surface area contributed by atoms with Crippen LogP contribution in [0, 0.1) is 5.92 Å². The summed E-state index contributed by atoms with van der Waals surface area (Å²) in [6.07, 6.45) is 4.04. The quantitative estimate of drug-likeness (QED) is 0.863. The molecule has 1 spiro atoms. The Hall–Kier alpha value is -1.92. The zero-order valence-electron chi connectivity index (χ0n) is 16.6. The lowest BCUT2D eigenvalue weighted by atomic mass is 9.78. The Bertz CT molecular complexity index is 721. The van der Waals surface area contributed by atoms with E-state index in [4.69, 9.17) is 9.47 Å². The van der Waals surface area contributed by atoms with Crippen molar-refractivity contribution in [3.05, 3.63) is 35.4 Å². The van der Waals surface area contributed by atoms with Gasteiger partial charge in [-0.3, -0.25) is 9.59 Å². The van der Waals surface area contributed by atoms with Gasteiger partial charge in [0, 0.05) is 52.1 Å². The fourth-order valence-corrected chi connectivity index (χ4v) is 4.86. The van der Waals surface area contributed by atoms with E-state index in [1.807, 2.05) is 4.90 Å². The number of hydrogen-bond donors (Lipinski definition) is 1. The van der Waals surface area contributed by atoms with E-state index >= 15 is 0 Å². The number of nitrogens with one attached hydrogen (secondary N) is 1. The third kappa shape index (κ3) is 3.94. The van der Waals surface area contributed by atoms with E-state index in [9.17, 15) is 9.59 Å². The minimum Gasteiger partial charge on any atom is -0.381 e. The maximum Gasteiger partial charge on any atom is 0.225 e. The van der Waals surface area contributed by atoms with Crippen molar-refractivity contribution < 1.29 is 19.1 Å². The van der Waals surface area contributed by atoms with Crippen molar-refractivity contribution in [3.8, 4) is 0 Å². The SMILES string of the molecule is CC(=O)NCC1Cc2ccccc2C2(CCN(C(=O)C3CCOCC3)CC2)O1. The van der Waals surface area contributed by atoms with Gasteiger partial charge in [0.05, 0.1) is 11.7 Å². The largest absolute Gasteiger partial charge is 0.381 e. The number of rotatable bonds is 3. The number of hydrogen-bond acceptors (Lipinski definition) is 4. The molecular formula is C22H30N2O4. The first-order valence-corrected chi connectivity index (χ1v) is 10.4. The second-order valence-electron chi connectivity index (χ2n) is 8.24.